The van der Waals surface area contributed by atoms with Crippen molar-refractivity contribution in [3.8, 4) is 11.4 Å². The monoisotopic (exact) mass is 642 g/mol. The molecule has 3 aromatic carbocycles. The fraction of sp³-hybridized carbons (Fsp3) is 0.182. The molecule has 0 atom stereocenters. The van der Waals surface area contributed by atoms with Gasteiger partial charge in [-0.1, -0.05) is 11.8 Å². The van der Waals surface area contributed by atoms with Crippen molar-refractivity contribution in [3.05, 3.63) is 112 Å². The van der Waals surface area contributed by atoms with Crippen LogP contribution in [0.15, 0.2) is 94.4 Å². The predicted octanol–water partition coefficient (Wildman–Crippen LogP) is 6.70. The van der Waals surface area contributed by atoms with E-state index in [1.165, 1.54) is 40.8 Å². The summed E-state index contributed by atoms with van der Waals surface area (Å²) in [4.78, 5) is 41.5. The molecule has 0 bridgehead atoms. The van der Waals surface area contributed by atoms with Crippen molar-refractivity contribution in [2.24, 2.45) is 0 Å². The molecule has 0 spiro atoms. The minimum atomic E-state index is -0.526. The number of non-ortho nitro benzene ring substituents is 1. The van der Waals surface area contributed by atoms with Gasteiger partial charge in [-0.05, 0) is 111 Å². The van der Waals surface area contributed by atoms with E-state index in [1.807, 2.05) is 51.1 Å². The highest BCUT2D eigenvalue weighted by Gasteiger charge is 2.40. The van der Waals surface area contributed by atoms with E-state index in [2.05, 4.69) is 4.57 Å². The van der Waals surface area contributed by atoms with Crippen LogP contribution in [0.3, 0.4) is 0 Å². The Balaban J connectivity index is 1.44. The summed E-state index contributed by atoms with van der Waals surface area (Å²) in [7, 11) is 1.29. The van der Waals surface area contributed by atoms with Crippen molar-refractivity contribution >= 4 is 58.4 Å². The molecular weight excluding hydrogens is 613 g/mol. The maximum atomic E-state index is 13.8. The van der Waals surface area contributed by atoms with E-state index in [0.29, 0.717) is 18.0 Å². The Labute approximate surface area is 270 Å². The molecule has 1 saturated heterocycles. The first-order valence-electron chi connectivity index (χ1n) is 14.0. The number of thiocarbonyl (C=S) groups is 1. The summed E-state index contributed by atoms with van der Waals surface area (Å²) in [6.45, 7) is 6.14. The van der Waals surface area contributed by atoms with E-state index < -0.39 is 10.9 Å². The van der Waals surface area contributed by atoms with Crippen molar-refractivity contribution in [1.29, 1.82) is 0 Å². The minimum absolute atomic E-state index is 0.0532. The molecule has 2 heterocycles. The Bertz CT molecular complexity index is 1800. The number of nitro groups is 1. The third-order valence-corrected chi connectivity index (χ3v) is 8.62. The first kappa shape index (κ1) is 31.5. The third-order valence-electron chi connectivity index (χ3n) is 7.20. The van der Waals surface area contributed by atoms with Gasteiger partial charge < -0.3 is 18.9 Å². The smallest absolute Gasteiger partial charge is 0.325 e. The Morgan fingerprint density at radius 3 is 2.16 bits per heavy atom. The van der Waals surface area contributed by atoms with E-state index in [0.717, 1.165) is 32.4 Å². The summed E-state index contributed by atoms with van der Waals surface area (Å²) < 4.78 is 12.5. The second kappa shape index (κ2) is 13.4. The van der Waals surface area contributed by atoms with E-state index in [1.54, 1.807) is 42.5 Å². The molecule has 1 amide bonds. The summed E-state index contributed by atoms with van der Waals surface area (Å²) in [6.07, 6.45) is 1.75. The molecule has 5 rings (SSSR count). The molecule has 0 unspecified atom stereocenters. The van der Waals surface area contributed by atoms with Crippen LogP contribution in [0.25, 0.3) is 11.8 Å². The number of aryl methyl sites for hydroxylation is 1. The minimum Gasteiger partial charge on any atom is -0.494 e. The van der Waals surface area contributed by atoms with Crippen molar-refractivity contribution < 1.29 is 24.0 Å². The van der Waals surface area contributed by atoms with Crippen LogP contribution in [0.5, 0.6) is 5.75 Å². The maximum absolute atomic E-state index is 13.8. The van der Waals surface area contributed by atoms with E-state index in [4.69, 9.17) is 21.7 Å². The second-order valence-electron chi connectivity index (χ2n) is 10.1. The maximum Gasteiger partial charge on any atom is 0.325 e. The van der Waals surface area contributed by atoms with Gasteiger partial charge in [-0.2, -0.15) is 0 Å². The topological polar surface area (TPSA) is 107 Å². The zero-order chi connectivity index (χ0) is 32.2. The third kappa shape index (κ3) is 6.61. The molecule has 45 heavy (non-hydrogen) atoms. The van der Waals surface area contributed by atoms with Gasteiger partial charge in [0, 0.05) is 39.0 Å². The summed E-state index contributed by atoms with van der Waals surface area (Å²) in [5.41, 5.74) is 4.44. The first-order valence-corrected chi connectivity index (χ1v) is 15.2. The lowest BCUT2D eigenvalue weighted by atomic mass is 10.2. The largest absolute Gasteiger partial charge is 0.494 e. The van der Waals surface area contributed by atoms with Crippen LogP contribution in [0.2, 0.25) is 0 Å². The standard InChI is InChI=1S/C33H30N4O6S2/c1-5-43-27-12-6-25(7-13-27)36-32(39)30(34(33(36)44)20-31(38)42-4)19-23-18-21(2)35(22(23)3)24-8-14-28(15-9-24)45-29-16-10-26(11-17-29)37(40)41/h6-19H,5,20H2,1-4H3/b30-19-. The molecule has 1 aliphatic heterocycles. The van der Waals surface area contributed by atoms with Gasteiger partial charge in [0.25, 0.3) is 11.6 Å². The quantitative estimate of drug-likeness (QED) is 0.0614. The van der Waals surface area contributed by atoms with Gasteiger partial charge in [0.15, 0.2) is 5.11 Å². The molecule has 4 aromatic rings. The number of nitro benzene ring substituents is 1. The van der Waals surface area contributed by atoms with Crippen LogP contribution in [-0.2, 0) is 14.3 Å². The number of carbonyl (C=O) groups excluding carboxylic acids is 2. The van der Waals surface area contributed by atoms with Crippen LogP contribution in [0.4, 0.5) is 11.4 Å². The van der Waals surface area contributed by atoms with Crippen LogP contribution < -0.4 is 9.64 Å². The van der Waals surface area contributed by atoms with Gasteiger partial charge in [0.2, 0.25) is 0 Å². The number of anilines is 1. The summed E-state index contributed by atoms with van der Waals surface area (Å²) in [5.74, 6) is -0.210. The average molecular weight is 643 g/mol. The van der Waals surface area contributed by atoms with Crippen molar-refractivity contribution in [2.45, 2.75) is 30.6 Å². The Morgan fingerprint density at radius 1 is 0.978 bits per heavy atom. The Hall–Kier alpha value is -4.94. The van der Waals surface area contributed by atoms with Gasteiger partial charge >= 0.3 is 5.97 Å². The number of rotatable bonds is 10. The van der Waals surface area contributed by atoms with Gasteiger partial charge in [0.1, 0.15) is 18.0 Å². The molecule has 12 heteroatoms. The zero-order valence-electron chi connectivity index (χ0n) is 25.1. The molecule has 0 aliphatic carbocycles. The normalized spacial score (nSPS) is 13.9. The molecule has 0 N–H and O–H groups in total. The predicted molar refractivity (Wildman–Crippen MR) is 177 cm³/mol. The van der Waals surface area contributed by atoms with E-state index in [9.17, 15) is 19.7 Å². The molecular formula is C33H30N4O6S2. The van der Waals surface area contributed by atoms with Crippen molar-refractivity contribution in [1.82, 2.24) is 9.47 Å². The van der Waals surface area contributed by atoms with E-state index in [-0.39, 0.29) is 28.9 Å². The molecule has 0 saturated carbocycles. The average Bonchev–Trinajstić information content (AvgIpc) is 3.44. The lowest BCUT2D eigenvalue weighted by Crippen LogP contribution is -2.35. The highest BCUT2D eigenvalue weighted by atomic mass is 32.2. The molecule has 1 fully saturated rings. The molecule has 1 aromatic heterocycles. The number of ether oxygens (including phenoxy) is 2. The highest BCUT2D eigenvalue weighted by Crippen LogP contribution is 2.33. The number of carbonyl (C=O) groups is 2. The van der Waals surface area contributed by atoms with Crippen LogP contribution >= 0.6 is 24.0 Å². The highest BCUT2D eigenvalue weighted by molar-refractivity contribution is 7.99. The SMILES string of the molecule is CCOc1ccc(N2C(=O)/C(=C/c3cc(C)n(-c4ccc(Sc5ccc([N+](=O)[O-])cc5)cc4)c3C)N(CC(=O)OC)C2=S)cc1. The van der Waals surface area contributed by atoms with Gasteiger partial charge in [-0.3, -0.25) is 24.6 Å². The van der Waals surface area contributed by atoms with Crippen LogP contribution in [0.1, 0.15) is 23.9 Å². The number of hydrogen-bond acceptors (Lipinski definition) is 8. The van der Waals surface area contributed by atoms with Gasteiger partial charge in [-0.15, -0.1) is 0 Å². The molecule has 10 nitrogen and oxygen atoms in total. The summed E-state index contributed by atoms with van der Waals surface area (Å²) in [5, 5.41) is 11.1. The fourth-order valence-corrected chi connectivity index (χ4v) is 6.19. The number of hydrogen-bond donors (Lipinski definition) is 0. The molecule has 0 radical (unpaired) electrons. The van der Waals surface area contributed by atoms with Crippen molar-refractivity contribution in [3.63, 3.8) is 0 Å². The van der Waals surface area contributed by atoms with Crippen LogP contribution in [-0.4, -0.2) is 51.6 Å². The van der Waals surface area contributed by atoms with Gasteiger partial charge in [-0.25, -0.2) is 0 Å². The summed E-state index contributed by atoms with van der Waals surface area (Å²) in [6, 6.07) is 23.4. The zero-order valence-corrected chi connectivity index (χ0v) is 26.7. The lowest BCUT2D eigenvalue weighted by molar-refractivity contribution is -0.384. The fourth-order valence-electron chi connectivity index (χ4n) is 5.03. The number of benzene rings is 3. The second-order valence-corrected chi connectivity index (χ2v) is 11.6. The van der Waals surface area contributed by atoms with E-state index >= 15 is 0 Å². The number of amides is 1. The lowest BCUT2D eigenvalue weighted by Gasteiger charge is -2.19. The molecule has 230 valence electrons. The van der Waals surface area contributed by atoms with Crippen molar-refractivity contribution in [2.75, 3.05) is 25.2 Å². The summed E-state index contributed by atoms with van der Waals surface area (Å²) >= 11 is 7.21. The Kier molecular flexibility index (Phi) is 9.35. The number of esters is 1. The molecule has 1 aliphatic rings. The number of methoxy groups -OCH3 is 1. The number of nitrogens with zero attached hydrogens (tertiary/aromatic N) is 4. The number of aromatic nitrogens is 1. The first-order chi connectivity index (χ1) is 21.6. The van der Waals surface area contributed by atoms with Crippen LogP contribution in [0, 0.1) is 24.0 Å². The Morgan fingerprint density at radius 2 is 1.58 bits per heavy atom. The van der Waals surface area contributed by atoms with Gasteiger partial charge in [0.05, 0.1) is 24.3 Å².